The molecule has 23 heavy (non-hydrogen) atoms. The van der Waals surface area contributed by atoms with Gasteiger partial charge in [-0.15, -0.1) is 0 Å². The summed E-state index contributed by atoms with van der Waals surface area (Å²) >= 11 is 0. The Labute approximate surface area is 136 Å². The maximum Gasteiger partial charge on any atom is 0.320 e. The Hall–Kier alpha value is -2.40. The molecule has 3 rings (SSSR count). The van der Waals surface area contributed by atoms with Gasteiger partial charge in [-0.1, -0.05) is 36.4 Å². The summed E-state index contributed by atoms with van der Waals surface area (Å²) in [6.45, 7) is 3.27. The molecule has 1 aliphatic heterocycles. The smallest absolute Gasteiger partial charge is 0.320 e. The lowest BCUT2D eigenvalue weighted by Gasteiger charge is -2.19. The lowest BCUT2D eigenvalue weighted by molar-refractivity contribution is 0.0911. The van der Waals surface area contributed by atoms with Crippen LogP contribution >= 0.6 is 0 Å². The predicted molar refractivity (Wildman–Crippen MR) is 89.2 cm³/mol. The summed E-state index contributed by atoms with van der Waals surface area (Å²) in [5.41, 5.74) is 2.22. The van der Waals surface area contributed by atoms with Crippen LogP contribution in [0, 0.1) is 12.8 Å². The Bertz CT molecular complexity index is 643. The SMILES string of the molecule is Cc1ccc(NC(=O)NC[C@H]2CCO[C@@H]2c2ccccc2)nc1. The first-order valence-corrected chi connectivity index (χ1v) is 7.86. The molecule has 1 aliphatic rings. The van der Waals surface area contributed by atoms with Crippen LogP contribution in [0.25, 0.3) is 0 Å². The molecule has 2 amide bonds. The van der Waals surface area contributed by atoms with Gasteiger partial charge in [-0.25, -0.2) is 9.78 Å². The van der Waals surface area contributed by atoms with Gasteiger partial charge in [0.05, 0.1) is 6.10 Å². The van der Waals surface area contributed by atoms with Crippen molar-refractivity contribution >= 4 is 11.8 Å². The topological polar surface area (TPSA) is 63.2 Å². The first-order chi connectivity index (χ1) is 11.2. The number of hydrogen-bond acceptors (Lipinski definition) is 3. The molecule has 1 fully saturated rings. The molecule has 120 valence electrons. The number of carbonyl (C=O) groups excluding carboxylic acids is 1. The Morgan fingerprint density at radius 1 is 1.26 bits per heavy atom. The van der Waals surface area contributed by atoms with E-state index in [1.165, 1.54) is 0 Å². The van der Waals surface area contributed by atoms with E-state index >= 15 is 0 Å². The minimum absolute atomic E-state index is 0.0500. The minimum atomic E-state index is -0.236. The second kappa shape index (κ2) is 7.24. The molecule has 0 unspecified atom stereocenters. The zero-order chi connectivity index (χ0) is 16.1. The number of nitrogens with one attached hydrogen (secondary N) is 2. The normalized spacial score (nSPS) is 20.2. The number of hydrogen-bond donors (Lipinski definition) is 2. The van der Waals surface area contributed by atoms with Gasteiger partial charge in [0.25, 0.3) is 0 Å². The van der Waals surface area contributed by atoms with Gasteiger partial charge in [-0.2, -0.15) is 0 Å². The molecule has 0 spiro atoms. The number of benzene rings is 1. The van der Waals surface area contributed by atoms with Crippen molar-refractivity contribution in [2.24, 2.45) is 5.92 Å². The molecule has 2 heterocycles. The van der Waals surface area contributed by atoms with Crippen LogP contribution in [0.4, 0.5) is 10.6 Å². The van der Waals surface area contributed by atoms with E-state index in [0.29, 0.717) is 12.4 Å². The lowest BCUT2D eigenvalue weighted by atomic mass is 9.95. The largest absolute Gasteiger partial charge is 0.373 e. The first kappa shape index (κ1) is 15.5. The number of carbonyl (C=O) groups is 1. The number of urea groups is 1. The Kier molecular flexibility index (Phi) is 4.88. The van der Waals surface area contributed by atoms with Crippen LogP contribution < -0.4 is 10.6 Å². The zero-order valence-corrected chi connectivity index (χ0v) is 13.2. The van der Waals surface area contributed by atoms with Crippen LogP contribution in [0.5, 0.6) is 0 Å². The highest BCUT2D eigenvalue weighted by molar-refractivity contribution is 5.88. The van der Waals surface area contributed by atoms with Crippen molar-refractivity contribution in [1.29, 1.82) is 0 Å². The van der Waals surface area contributed by atoms with Gasteiger partial charge < -0.3 is 10.1 Å². The number of rotatable bonds is 4. The summed E-state index contributed by atoms with van der Waals surface area (Å²) in [5.74, 6) is 0.838. The van der Waals surface area contributed by atoms with Gasteiger partial charge in [0.1, 0.15) is 5.82 Å². The summed E-state index contributed by atoms with van der Waals surface area (Å²) in [7, 11) is 0. The highest BCUT2D eigenvalue weighted by Gasteiger charge is 2.29. The van der Waals surface area contributed by atoms with Crippen molar-refractivity contribution in [3.8, 4) is 0 Å². The number of amides is 2. The molecule has 5 heteroatoms. The predicted octanol–water partition coefficient (Wildman–Crippen LogP) is 3.29. The van der Waals surface area contributed by atoms with Crippen molar-refractivity contribution in [2.75, 3.05) is 18.5 Å². The van der Waals surface area contributed by atoms with E-state index in [-0.39, 0.29) is 18.1 Å². The summed E-state index contributed by atoms with van der Waals surface area (Å²) in [6.07, 6.45) is 2.73. The van der Waals surface area contributed by atoms with E-state index < -0.39 is 0 Å². The molecule has 1 aromatic carbocycles. The third kappa shape index (κ3) is 4.07. The Morgan fingerprint density at radius 3 is 2.83 bits per heavy atom. The quantitative estimate of drug-likeness (QED) is 0.910. The number of aromatic nitrogens is 1. The van der Waals surface area contributed by atoms with Crippen molar-refractivity contribution in [1.82, 2.24) is 10.3 Å². The van der Waals surface area contributed by atoms with Crippen molar-refractivity contribution in [3.63, 3.8) is 0 Å². The summed E-state index contributed by atoms with van der Waals surface area (Å²) in [4.78, 5) is 16.2. The fourth-order valence-electron chi connectivity index (χ4n) is 2.78. The van der Waals surface area contributed by atoms with Crippen molar-refractivity contribution in [2.45, 2.75) is 19.4 Å². The van der Waals surface area contributed by atoms with Gasteiger partial charge in [-0.3, -0.25) is 5.32 Å². The number of pyridine rings is 1. The number of nitrogens with zero attached hydrogens (tertiary/aromatic N) is 1. The zero-order valence-electron chi connectivity index (χ0n) is 13.2. The Balaban J connectivity index is 1.53. The van der Waals surface area contributed by atoms with E-state index in [0.717, 1.165) is 24.2 Å². The third-order valence-electron chi connectivity index (χ3n) is 4.02. The summed E-state index contributed by atoms with van der Waals surface area (Å²) < 4.78 is 5.83. The molecule has 2 atom stereocenters. The second-order valence-electron chi connectivity index (χ2n) is 5.81. The molecule has 1 aromatic heterocycles. The van der Waals surface area contributed by atoms with Crippen LogP contribution in [0.15, 0.2) is 48.7 Å². The maximum absolute atomic E-state index is 12.0. The van der Waals surface area contributed by atoms with Gasteiger partial charge in [0.15, 0.2) is 0 Å². The molecule has 0 radical (unpaired) electrons. The van der Waals surface area contributed by atoms with Crippen LogP contribution in [0.1, 0.15) is 23.7 Å². The fraction of sp³-hybridized carbons (Fsp3) is 0.333. The summed E-state index contributed by atoms with van der Waals surface area (Å²) in [6, 6.07) is 13.6. The Morgan fingerprint density at radius 2 is 2.09 bits per heavy atom. The highest BCUT2D eigenvalue weighted by atomic mass is 16.5. The third-order valence-corrected chi connectivity index (χ3v) is 4.02. The van der Waals surface area contributed by atoms with Crippen LogP contribution in [-0.4, -0.2) is 24.2 Å². The van der Waals surface area contributed by atoms with Crippen LogP contribution in [0.2, 0.25) is 0 Å². The minimum Gasteiger partial charge on any atom is -0.373 e. The molecular formula is C18H21N3O2. The molecule has 2 aromatic rings. The summed E-state index contributed by atoms with van der Waals surface area (Å²) in [5, 5.41) is 5.66. The van der Waals surface area contributed by atoms with Gasteiger partial charge in [-0.05, 0) is 30.5 Å². The fourth-order valence-corrected chi connectivity index (χ4v) is 2.78. The molecule has 0 bridgehead atoms. The van der Waals surface area contributed by atoms with E-state index in [1.54, 1.807) is 12.3 Å². The average Bonchev–Trinajstić information content (AvgIpc) is 3.04. The van der Waals surface area contributed by atoms with Crippen LogP contribution in [0.3, 0.4) is 0 Å². The number of anilines is 1. The molecule has 1 saturated heterocycles. The first-order valence-electron chi connectivity index (χ1n) is 7.86. The van der Waals surface area contributed by atoms with Crippen LogP contribution in [-0.2, 0) is 4.74 Å². The van der Waals surface area contributed by atoms with E-state index in [4.69, 9.17) is 4.74 Å². The van der Waals surface area contributed by atoms with Crippen molar-refractivity contribution in [3.05, 3.63) is 59.8 Å². The lowest BCUT2D eigenvalue weighted by Crippen LogP contribution is -2.34. The van der Waals surface area contributed by atoms with E-state index in [9.17, 15) is 4.79 Å². The molecule has 0 aliphatic carbocycles. The molecule has 2 N–H and O–H groups in total. The van der Waals surface area contributed by atoms with Gasteiger partial charge in [0, 0.05) is 25.3 Å². The maximum atomic E-state index is 12.0. The average molecular weight is 311 g/mol. The van der Waals surface area contributed by atoms with E-state index in [1.807, 2.05) is 31.2 Å². The van der Waals surface area contributed by atoms with Crippen molar-refractivity contribution < 1.29 is 9.53 Å². The number of aryl methyl sites for hydroxylation is 1. The molecule has 0 saturated carbocycles. The van der Waals surface area contributed by atoms with Gasteiger partial charge in [0.2, 0.25) is 0 Å². The highest BCUT2D eigenvalue weighted by Crippen LogP contribution is 2.33. The van der Waals surface area contributed by atoms with E-state index in [2.05, 4.69) is 27.8 Å². The number of ether oxygens (including phenoxy) is 1. The second-order valence-corrected chi connectivity index (χ2v) is 5.81. The molecule has 5 nitrogen and oxygen atoms in total. The molecular weight excluding hydrogens is 290 g/mol. The van der Waals surface area contributed by atoms with Gasteiger partial charge >= 0.3 is 6.03 Å². The monoisotopic (exact) mass is 311 g/mol. The standard InChI is InChI=1S/C18H21N3O2/c1-13-7-8-16(19-11-13)21-18(22)20-12-15-9-10-23-17(15)14-5-3-2-4-6-14/h2-8,11,15,17H,9-10,12H2,1H3,(H2,19,20,21,22)/t15-,17-/m1/s1.